The first kappa shape index (κ1) is 17.6. The van der Waals surface area contributed by atoms with Gasteiger partial charge in [0.2, 0.25) is 0 Å². The van der Waals surface area contributed by atoms with E-state index in [0.717, 1.165) is 5.56 Å². The van der Waals surface area contributed by atoms with Crippen LogP contribution in [0.2, 0.25) is 0 Å². The van der Waals surface area contributed by atoms with Gasteiger partial charge in [-0.05, 0) is 53.0 Å². The standard InChI is InChI=1S/C18H19BrFNO2/c1-13(14-6-3-2-4-7-14)23-11-5-10-21-18(22)16-9-8-15(20)12-17(16)19/h2-4,6-9,12-13H,5,10-11H2,1H3,(H,21,22)/t13-/m0/s1. The average molecular weight is 380 g/mol. The monoisotopic (exact) mass is 379 g/mol. The second-order valence-electron chi connectivity index (χ2n) is 5.16. The van der Waals surface area contributed by atoms with Gasteiger partial charge in [-0.2, -0.15) is 0 Å². The van der Waals surface area contributed by atoms with Crippen LogP contribution in [0.15, 0.2) is 53.0 Å². The van der Waals surface area contributed by atoms with Crippen molar-refractivity contribution in [2.45, 2.75) is 19.4 Å². The number of carbonyl (C=O) groups excluding carboxylic acids is 1. The molecule has 0 unspecified atom stereocenters. The molecular formula is C18H19BrFNO2. The molecule has 0 spiro atoms. The van der Waals surface area contributed by atoms with E-state index in [2.05, 4.69) is 21.2 Å². The molecule has 0 aromatic heterocycles. The Labute approximate surface area is 144 Å². The molecule has 0 saturated carbocycles. The normalized spacial score (nSPS) is 12.0. The maximum absolute atomic E-state index is 13.0. The highest BCUT2D eigenvalue weighted by molar-refractivity contribution is 9.10. The zero-order chi connectivity index (χ0) is 16.7. The number of amides is 1. The van der Waals surface area contributed by atoms with Crippen molar-refractivity contribution in [1.82, 2.24) is 5.32 Å². The van der Waals surface area contributed by atoms with Crippen LogP contribution in [0.1, 0.15) is 35.4 Å². The van der Waals surface area contributed by atoms with E-state index in [-0.39, 0.29) is 17.8 Å². The second kappa shape index (κ2) is 8.79. The Hall–Kier alpha value is -1.72. The van der Waals surface area contributed by atoms with Gasteiger partial charge in [0.05, 0.1) is 11.7 Å². The predicted molar refractivity (Wildman–Crippen MR) is 91.9 cm³/mol. The quantitative estimate of drug-likeness (QED) is 0.719. The van der Waals surface area contributed by atoms with Gasteiger partial charge in [-0.1, -0.05) is 30.3 Å². The number of ether oxygens (including phenoxy) is 1. The number of halogens is 2. The van der Waals surface area contributed by atoms with Gasteiger partial charge in [0.25, 0.3) is 5.91 Å². The Balaban J connectivity index is 1.70. The van der Waals surface area contributed by atoms with E-state index in [9.17, 15) is 9.18 Å². The highest BCUT2D eigenvalue weighted by Gasteiger charge is 2.10. The smallest absolute Gasteiger partial charge is 0.252 e. The van der Waals surface area contributed by atoms with Crippen LogP contribution in [-0.2, 0) is 4.74 Å². The van der Waals surface area contributed by atoms with Crippen molar-refractivity contribution in [2.75, 3.05) is 13.2 Å². The number of nitrogens with one attached hydrogen (secondary N) is 1. The summed E-state index contributed by atoms with van der Waals surface area (Å²) in [7, 11) is 0. The van der Waals surface area contributed by atoms with Gasteiger partial charge in [0.15, 0.2) is 0 Å². The van der Waals surface area contributed by atoms with Crippen LogP contribution in [0.3, 0.4) is 0 Å². The number of hydrogen-bond acceptors (Lipinski definition) is 2. The molecule has 1 amide bonds. The molecule has 1 atom stereocenters. The van der Waals surface area contributed by atoms with Gasteiger partial charge in [0.1, 0.15) is 5.82 Å². The minimum atomic E-state index is -0.378. The van der Waals surface area contributed by atoms with E-state index in [1.165, 1.54) is 18.2 Å². The van der Waals surface area contributed by atoms with Crippen molar-refractivity contribution >= 4 is 21.8 Å². The van der Waals surface area contributed by atoms with Gasteiger partial charge < -0.3 is 10.1 Å². The molecule has 0 aliphatic heterocycles. The number of rotatable bonds is 7. The minimum absolute atomic E-state index is 0.0261. The fraction of sp³-hybridized carbons (Fsp3) is 0.278. The lowest BCUT2D eigenvalue weighted by molar-refractivity contribution is 0.0635. The number of hydrogen-bond donors (Lipinski definition) is 1. The zero-order valence-electron chi connectivity index (χ0n) is 12.9. The number of benzene rings is 2. The maximum Gasteiger partial charge on any atom is 0.252 e. The molecule has 2 rings (SSSR count). The van der Waals surface area contributed by atoms with Crippen molar-refractivity contribution in [3.05, 3.63) is 69.9 Å². The van der Waals surface area contributed by atoms with E-state index < -0.39 is 0 Å². The van der Waals surface area contributed by atoms with Gasteiger partial charge >= 0.3 is 0 Å². The third-order valence-electron chi connectivity index (χ3n) is 3.42. The van der Waals surface area contributed by atoms with Crippen LogP contribution in [0.5, 0.6) is 0 Å². The molecule has 0 radical (unpaired) electrons. The third-order valence-corrected chi connectivity index (χ3v) is 4.08. The summed E-state index contributed by atoms with van der Waals surface area (Å²) in [5.41, 5.74) is 1.55. The molecule has 23 heavy (non-hydrogen) atoms. The van der Waals surface area contributed by atoms with Gasteiger partial charge in [-0.15, -0.1) is 0 Å². The summed E-state index contributed by atoms with van der Waals surface area (Å²) < 4.78 is 19.2. The van der Waals surface area contributed by atoms with Crippen molar-refractivity contribution in [2.24, 2.45) is 0 Å². The Morgan fingerprint density at radius 2 is 2.00 bits per heavy atom. The summed E-state index contributed by atoms with van der Waals surface area (Å²) in [6.45, 7) is 3.06. The molecule has 2 aromatic rings. The van der Waals surface area contributed by atoms with Crippen molar-refractivity contribution in [1.29, 1.82) is 0 Å². The van der Waals surface area contributed by atoms with Gasteiger partial charge in [0, 0.05) is 17.6 Å². The van der Waals surface area contributed by atoms with Crippen molar-refractivity contribution in [3.8, 4) is 0 Å². The third kappa shape index (κ3) is 5.44. The summed E-state index contributed by atoms with van der Waals surface area (Å²) in [6.07, 6.45) is 0.736. The largest absolute Gasteiger partial charge is 0.374 e. The van der Waals surface area contributed by atoms with Crippen LogP contribution in [-0.4, -0.2) is 19.1 Å². The SMILES string of the molecule is C[C@H](OCCCNC(=O)c1ccc(F)cc1Br)c1ccccc1. The van der Waals surface area contributed by atoms with E-state index in [4.69, 9.17) is 4.74 Å². The highest BCUT2D eigenvalue weighted by atomic mass is 79.9. The van der Waals surface area contributed by atoms with Crippen LogP contribution < -0.4 is 5.32 Å². The Morgan fingerprint density at radius 3 is 2.70 bits per heavy atom. The molecule has 0 aliphatic carbocycles. The van der Waals surface area contributed by atoms with E-state index in [0.29, 0.717) is 29.6 Å². The minimum Gasteiger partial charge on any atom is -0.374 e. The average Bonchev–Trinajstić information content (AvgIpc) is 2.55. The maximum atomic E-state index is 13.0. The summed E-state index contributed by atoms with van der Waals surface area (Å²) >= 11 is 3.19. The summed E-state index contributed by atoms with van der Waals surface area (Å²) in [5.74, 6) is -0.607. The fourth-order valence-electron chi connectivity index (χ4n) is 2.12. The lowest BCUT2D eigenvalue weighted by Gasteiger charge is -2.13. The van der Waals surface area contributed by atoms with Crippen molar-refractivity contribution < 1.29 is 13.9 Å². The van der Waals surface area contributed by atoms with E-state index in [1.54, 1.807) is 0 Å². The Morgan fingerprint density at radius 1 is 1.26 bits per heavy atom. The predicted octanol–water partition coefficient (Wildman–Crippen LogP) is 4.49. The first-order valence-electron chi connectivity index (χ1n) is 7.47. The first-order chi connectivity index (χ1) is 11.1. The molecule has 122 valence electrons. The Kier molecular flexibility index (Phi) is 6.74. The van der Waals surface area contributed by atoms with Gasteiger partial charge in [-0.25, -0.2) is 4.39 Å². The molecular weight excluding hydrogens is 361 g/mol. The molecule has 0 heterocycles. The fourth-order valence-corrected chi connectivity index (χ4v) is 2.65. The highest BCUT2D eigenvalue weighted by Crippen LogP contribution is 2.18. The molecule has 0 aliphatic rings. The van der Waals surface area contributed by atoms with Gasteiger partial charge in [-0.3, -0.25) is 4.79 Å². The summed E-state index contributed by atoms with van der Waals surface area (Å²) in [4.78, 5) is 12.0. The van der Waals surface area contributed by atoms with E-state index in [1.807, 2.05) is 37.3 Å². The van der Waals surface area contributed by atoms with Crippen LogP contribution in [0, 0.1) is 5.82 Å². The van der Waals surface area contributed by atoms with Crippen molar-refractivity contribution in [3.63, 3.8) is 0 Å². The molecule has 2 aromatic carbocycles. The lowest BCUT2D eigenvalue weighted by atomic mass is 10.1. The summed E-state index contributed by atoms with van der Waals surface area (Å²) in [5, 5.41) is 2.80. The first-order valence-corrected chi connectivity index (χ1v) is 8.27. The Bertz CT molecular complexity index is 649. The lowest BCUT2D eigenvalue weighted by Crippen LogP contribution is -2.25. The molecule has 5 heteroatoms. The topological polar surface area (TPSA) is 38.3 Å². The number of carbonyl (C=O) groups is 1. The molecule has 0 saturated heterocycles. The molecule has 3 nitrogen and oxygen atoms in total. The van der Waals surface area contributed by atoms with Crippen LogP contribution >= 0.6 is 15.9 Å². The molecule has 0 bridgehead atoms. The molecule has 1 N–H and O–H groups in total. The second-order valence-corrected chi connectivity index (χ2v) is 6.01. The van der Waals surface area contributed by atoms with E-state index >= 15 is 0 Å². The van der Waals surface area contributed by atoms with Crippen LogP contribution in [0.4, 0.5) is 4.39 Å². The summed E-state index contributed by atoms with van der Waals surface area (Å²) in [6, 6.07) is 14.0. The molecule has 0 fully saturated rings. The zero-order valence-corrected chi connectivity index (χ0v) is 14.5. The van der Waals surface area contributed by atoms with Crippen LogP contribution in [0.25, 0.3) is 0 Å².